The van der Waals surface area contributed by atoms with Crippen molar-refractivity contribution in [1.82, 2.24) is 16.0 Å². The first-order valence-corrected chi connectivity index (χ1v) is 12.1. The summed E-state index contributed by atoms with van der Waals surface area (Å²) < 4.78 is 0. The van der Waals surface area contributed by atoms with Gasteiger partial charge in [-0.1, -0.05) is 6.42 Å². The minimum atomic E-state index is -0.154. The fraction of sp³-hybridized carbons (Fsp3) is 0.682. The molecule has 0 saturated carbocycles. The smallest absolute Gasteiger partial charge is 0.315 e. The monoisotopic (exact) mass is 449 g/mol. The van der Waals surface area contributed by atoms with E-state index in [0.717, 1.165) is 25.0 Å². The van der Waals surface area contributed by atoms with Gasteiger partial charge in [0.15, 0.2) is 11.6 Å². The molecule has 170 valence electrons. The zero-order chi connectivity index (χ0) is 22.4. The number of Topliss-reactive ketones (excluding diaryl/α,β-unsaturated/α-hetero) is 3. The van der Waals surface area contributed by atoms with Crippen LogP contribution >= 0.6 is 11.8 Å². The van der Waals surface area contributed by atoms with Gasteiger partial charge < -0.3 is 16.0 Å². The Hall–Kier alpha value is -2.16. The molecule has 3 rings (SSSR count). The number of unbranched alkanes of at least 4 members (excludes halogenated alkanes) is 1. The van der Waals surface area contributed by atoms with Crippen molar-refractivity contribution in [2.75, 3.05) is 12.3 Å². The second-order valence-electron chi connectivity index (χ2n) is 8.49. The number of nitrogens with one attached hydrogen (secondary N) is 3. The van der Waals surface area contributed by atoms with Gasteiger partial charge in [-0.15, -0.1) is 0 Å². The molecule has 0 radical (unpaired) electrons. The molecule has 2 heterocycles. The van der Waals surface area contributed by atoms with Crippen LogP contribution in [0.2, 0.25) is 0 Å². The van der Waals surface area contributed by atoms with Gasteiger partial charge in [0.25, 0.3) is 0 Å². The van der Waals surface area contributed by atoms with Crippen molar-refractivity contribution in [1.29, 1.82) is 0 Å². The summed E-state index contributed by atoms with van der Waals surface area (Å²) >= 11 is 1.88. The number of fused-ring (bicyclic) bond motifs is 1. The largest absolute Gasteiger partial charge is 0.356 e. The Labute approximate surface area is 186 Å². The summed E-state index contributed by atoms with van der Waals surface area (Å²) in [5, 5.41) is 9.17. The molecule has 1 aliphatic carbocycles. The van der Waals surface area contributed by atoms with E-state index in [4.69, 9.17) is 0 Å². The highest BCUT2D eigenvalue weighted by molar-refractivity contribution is 8.00. The van der Waals surface area contributed by atoms with Crippen LogP contribution in [-0.4, -0.2) is 58.9 Å². The number of hydrogen-bond acceptors (Lipinski definition) is 6. The Morgan fingerprint density at radius 1 is 1.03 bits per heavy atom. The Morgan fingerprint density at radius 2 is 1.84 bits per heavy atom. The zero-order valence-corrected chi connectivity index (χ0v) is 18.8. The normalized spacial score (nSPS) is 24.9. The summed E-state index contributed by atoms with van der Waals surface area (Å²) in [4.78, 5) is 58.6. The highest BCUT2D eigenvalue weighted by atomic mass is 32.2. The van der Waals surface area contributed by atoms with Crippen LogP contribution < -0.4 is 16.0 Å². The fourth-order valence-corrected chi connectivity index (χ4v) is 5.90. The molecule has 0 aromatic heterocycles. The van der Waals surface area contributed by atoms with Crippen LogP contribution in [0.4, 0.5) is 4.79 Å². The van der Waals surface area contributed by atoms with Crippen LogP contribution in [0.5, 0.6) is 0 Å². The topological polar surface area (TPSA) is 121 Å². The van der Waals surface area contributed by atoms with Crippen molar-refractivity contribution < 1.29 is 24.0 Å². The molecule has 0 aromatic carbocycles. The molecule has 0 bridgehead atoms. The fourth-order valence-electron chi connectivity index (χ4n) is 4.35. The highest BCUT2D eigenvalue weighted by Crippen LogP contribution is 2.33. The van der Waals surface area contributed by atoms with Crippen molar-refractivity contribution in [3.63, 3.8) is 0 Å². The van der Waals surface area contributed by atoms with Gasteiger partial charge in [-0.2, -0.15) is 11.8 Å². The van der Waals surface area contributed by atoms with Crippen molar-refractivity contribution in [3.8, 4) is 0 Å². The van der Waals surface area contributed by atoms with Crippen LogP contribution in [0.3, 0.4) is 0 Å². The van der Waals surface area contributed by atoms with Gasteiger partial charge in [0, 0.05) is 42.4 Å². The standard InChI is InChI=1S/C22H31N3O5S/c1-13-15(18(28)11-17(13)27)9-8-14(26)5-4-10-23-20(29)7-3-2-6-19-21-16(12-31-19)24-22(30)25-21/h16,19,21H,2-12H2,1H3,(H,23,29)(H2,24,25,30). The maximum absolute atomic E-state index is 12.0. The van der Waals surface area contributed by atoms with E-state index in [0.29, 0.717) is 48.6 Å². The molecule has 0 spiro atoms. The zero-order valence-electron chi connectivity index (χ0n) is 18.0. The summed E-state index contributed by atoms with van der Waals surface area (Å²) in [6.45, 7) is 2.11. The predicted molar refractivity (Wildman–Crippen MR) is 118 cm³/mol. The summed E-state index contributed by atoms with van der Waals surface area (Å²) in [5.74, 6) is 0.694. The number of thioether (sulfide) groups is 1. The Bertz CT molecular complexity index is 794. The summed E-state index contributed by atoms with van der Waals surface area (Å²) in [6.07, 6.45) is 4.67. The van der Waals surface area contributed by atoms with E-state index >= 15 is 0 Å². The first kappa shape index (κ1) is 23.5. The van der Waals surface area contributed by atoms with Gasteiger partial charge in [0.05, 0.1) is 18.5 Å². The van der Waals surface area contributed by atoms with Crippen LogP contribution in [-0.2, 0) is 19.2 Å². The number of rotatable bonds is 12. The van der Waals surface area contributed by atoms with Crippen molar-refractivity contribution in [2.24, 2.45) is 0 Å². The maximum Gasteiger partial charge on any atom is 0.315 e. The molecular weight excluding hydrogens is 418 g/mol. The van der Waals surface area contributed by atoms with E-state index in [1.54, 1.807) is 6.92 Å². The predicted octanol–water partition coefficient (Wildman–Crippen LogP) is 1.82. The third-order valence-electron chi connectivity index (χ3n) is 6.22. The van der Waals surface area contributed by atoms with Crippen molar-refractivity contribution >= 4 is 41.0 Å². The molecule has 0 aromatic rings. The second-order valence-corrected chi connectivity index (χ2v) is 9.76. The Kier molecular flexibility index (Phi) is 8.28. The quantitative estimate of drug-likeness (QED) is 0.237. The molecule has 2 aliphatic heterocycles. The van der Waals surface area contributed by atoms with Gasteiger partial charge in [0.2, 0.25) is 5.91 Å². The molecule has 3 unspecified atom stereocenters. The molecule has 31 heavy (non-hydrogen) atoms. The van der Waals surface area contributed by atoms with Gasteiger partial charge in [0.1, 0.15) is 5.78 Å². The average molecular weight is 450 g/mol. The highest BCUT2D eigenvalue weighted by Gasteiger charge is 2.42. The van der Waals surface area contributed by atoms with E-state index < -0.39 is 0 Å². The first-order valence-electron chi connectivity index (χ1n) is 11.1. The number of amides is 3. The van der Waals surface area contributed by atoms with Crippen molar-refractivity contribution in [2.45, 2.75) is 82.0 Å². The molecule has 3 atom stereocenters. The lowest BCUT2D eigenvalue weighted by Gasteiger charge is -2.16. The third kappa shape index (κ3) is 6.41. The lowest BCUT2D eigenvalue weighted by Crippen LogP contribution is -2.36. The van der Waals surface area contributed by atoms with Crippen molar-refractivity contribution in [3.05, 3.63) is 11.1 Å². The molecule has 3 aliphatic rings. The summed E-state index contributed by atoms with van der Waals surface area (Å²) in [5.41, 5.74) is 1.01. The number of allylic oxidation sites excluding steroid dienone is 2. The SMILES string of the molecule is CC1=C(CCC(=O)CCCNC(=O)CCCCC2SCC3NC(=O)NC32)C(=O)CC1=O. The number of carbonyl (C=O) groups excluding carboxylic acids is 5. The molecule has 3 N–H and O–H groups in total. The van der Waals surface area contributed by atoms with Crippen LogP contribution in [0.15, 0.2) is 11.1 Å². The van der Waals surface area contributed by atoms with Gasteiger partial charge in [-0.3, -0.25) is 19.2 Å². The van der Waals surface area contributed by atoms with E-state index in [1.165, 1.54) is 0 Å². The number of ketones is 3. The molecule has 2 saturated heterocycles. The minimum Gasteiger partial charge on any atom is -0.356 e. The van der Waals surface area contributed by atoms with E-state index in [2.05, 4.69) is 16.0 Å². The number of carbonyl (C=O) groups is 5. The minimum absolute atomic E-state index is 0.00363. The Balaban J connectivity index is 1.20. The third-order valence-corrected chi connectivity index (χ3v) is 7.73. The van der Waals surface area contributed by atoms with Gasteiger partial charge >= 0.3 is 6.03 Å². The maximum atomic E-state index is 12.0. The van der Waals surface area contributed by atoms with E-state index in [-0.39, 0.29) is 54.2 Å². The first-order chi connectivity index (χ1) is 14.8. The summed E-state index contributed by atoms with van der Waals surface area (Å²) in [6, 6.07) is 0.360. The molecule has 3 amide bonds. The van der Waals surface area contributed by atoms with E-state index in [9.17, 15) is 24.0 Å². The molecule has 9 heteroatoms. The van der Waals surface area contributed by atoms with Crippen LogP contribution in [0, 0.1) is 0 Å². The second kappa shape index (κ2) is 10.9. The molecular formula is C22H31N3O5S. The molecule has 8 nitrogen and oxygen atoms in total. The number of urea groups is 1. The lowest BCUT2D eigenvalue weighted by atomic mass is 10.0. The van der Waals surface area contributed by atoms with E-state index in [1.807, 2.05) is 11.8 Å². The summed E-state index contributed by atoms with van der Waals surface area (Å²) in [7, 11) is 0. The van der Waals surface area contributed by atoms with Crippen LogP contribution in [0.1, 0.15) is 64.7 Å². The number of hydrogen-bond donors (Lipinski definition) is 3. The molecule has 2 fully saturated rings. The van der Waals surface area contributed by atoms with Gasteiger partial charge in [-0.25, -0.2) is 4.79 Å². The average Bonchev–Trinajstić information content (AvgIpc) is 3.34. The lowest BCUT2D eigenvalue weighted by molar-refractivity contribution is -0.122. The van der Waals surface area contributed by atoms with Crippen LogP contribution in [0.25, 0.3) is 0 Å². The Morgan fingerprint density at radius 3 is 2.58 bits per heavy atom. The van der Waals surface area contributed by atoms with Gasteiger partial charge in [-0.05, 0) is 38.2 Å².